The van der Waals surface area contributed by atoms with Crippen LogP contribution in [0.3, 0.4) is 0 Å². The zero-order valence-corrected chi connectivity index (χ0v) is 24.1. The molecule has 1 aromatic rings. The third-order valence-electron chi connectivity index (χ3n) is 6.19. The standard InChI is InChI=1S/C29H49N3O5/c1-9-11-12-13-18-32(27(35)23(19-33)31-28(36)37-29(6,7)8)25(26(34)30-22(5)15-10-2)24-20(3)16-14-17-21(24)4/h14,16-17,22-23,25,33H,9-13,15,18-19H2,1-8H3,(H,30,34)(H,31,36). The van der Waals surface area contributed by atoms with Crippen LogP contribution in [0.5, 0.6) is 0 Å². The number of carbonyl (C=O) groups is 3. The first-order chi connectivity index (χ1) is 17.4. The molecule has 0 aliphatic rings. The molecule has 3 atom stereocenters. The van der Waals surface area contributed by atoms with Crippen LogP contribution in [0.2, 0.25) is 0 Å². The molecule has 0 radical (unpaired) electrons. The van der Waals surface area contributed by atoms with Crippen LogP contribution >= 0.6 is 0 Å². The van der Waals surface area contributed by atoms with E-state index in [1.54, 1.807) is 20.8 Å². The molecule has 0 saturated carbocycles. The van der Waals surface area contributed by atoms with Crippen molar-refractivity contribution in [2.24, 2.45) is 0 Å². The fourth-order valence-corrected chi connectivity index (χ4v) is 4.43. The maximum Gasteiger partial charge on any atom is 0.408 e. The minimum atomic E-state index is -1.24. The summed E-state index contributed by atoms with van der Waals surface area (Å²) in [6.07, 6.45) is 4.57. The third-order valence-corrected chi connectivity index (χ3v) is 6.19. The van der Waals surface area contributed by atoms with Gasteiger partial charge in [0.15, 0.2) is 0 Å². The van der Waals surface area contributed by atoms with Crippen LogP contribution in [-0.2, 0) is 14.3 Å². The topological polar surface area (TPSA) is 108 Å². The van der Waals surface area contributed by atoms with E-state index >= 15 is 0 Å². The van der Waals surface area contributed by atoms with E-state index in [4.69, 9.17) is 4.74 Å². The summed E-state index contributed by atoms with van der Waals surface area (Å²) in [7, 11) is 0. The van der Waals surface area contributed by atoms with Gasteiger partial charge in [-0.25, -0.2) is 4.79 Å². The second-order valence-electron chi connectivity index (χ2n) is 10.9. The van der Waals surface area contributed by atoms with Crippen molar-refractivity contribution in [2.75, 3.05) is 13.2 Å². The SMILES string of the molecule is CCCCCCN(C(=O)C(CO)NC(=O)OC(C)(C)C)C(C(=O)NC(C)CCC)c1c(C)cccc1C. The van der Waals surface area contributed by atoms with Gasteiger partial charge < -0.3 is 25.4 Å². The molecule has 210 valence electrons. The molecule has 3 unspecified atom stereocenters. The van der Waals surface area contributed by atoms with Crippen LogP contribution < -0.4 is 10.6 Å². The van der Waals surface area contributed by atoms with E-state index in [-0.39, 0.29) is 11.9 Å². The summed E-state index contributed by atoms with van der Waals surface area (Å²) in [5, 5.41) is 15.7. The van der Waals surface area contributed by atoms with E-state index < -0.39 is 36.3 Å². The van der Waals surface area contributed by atoms with E-state index in [0.717, 1.165) is 48.8 Å². The molecule has 3 N–H and O–H groups in total. The van der Waals surface area contributed by atoms with Crippen molar-refractivity contribution in [3.05, 3.63) is 34.9 Å². The average molecular weight is 520 g/mol. The predicted molar refractivity (Wildman–Crippen MR) is 147 cm³/mol. The Hall–Kier alpha value is -2.61. The summed E-state index contributed by atoms with van der Waals surface area (Å²) in [6.45, 7) is 14.9. The summed E-state index contributed by atoms with van der Waals surface area (Å²) in [5.41, 5.74) is 1.80. The van der Waals surface area contributed by atoms with Gasteiger partial charge in [0.1, 0.15) is 17.7 Å². The van der Waals surface area contributed by atoms with Gasteiger partial charge in [-0.2, -0.15) is 0 Å². The van der Waals surface area contributed by atoms with Gasteiger partial charge in [0, 0.05) is 12.6 Å². The van der Waals surface area contributed by atoms with Crippen molar-refractivity contribution in [2.45, 2.75) is 118 Å². The minimum Gasteiger partial charge on any atom is -0.444 e. The molecule has 0 spiro atoms. The summed E-state index contributed by atoms with van der Waals surface area (Å²) in [4.78, 5) is 41.7. The van der Waals surface area contributed by atoms with Crippen molar-refractivity contribution in [1.82, 2.24) is 15.5 Å². The van der Waals surface area contributed by atoms with E-state index in [2.05, 4.69) is 24.5 Å². The fraction of sp³-hybridized carbons (Fsp3) is 0.690. The summed E-state index contributed by atoms with van der Waals surface area (Å²) < 4.78 is 5.31. The molecular formula is C29H49N3O5. The van der Waals surface area contributed by atoms with E-state index in [1.165, 1.54) is 4.90 Å². The third kappa shape index (κ3) is 10.7. The number of nitrogens with zero attached hydrogens (tertiary/aromatic N) is 1. The van der Waals surface area contributed by atoms with E-state index in [9.17, 15) is 19.5 Å². The quantitative estimate of drug-likeness (QED) is 0.302. The van der Waals surface area contributed by atoms with Crippen LogP contribution in [0, 0.1) is 13.8 Å². The summed E-state index contributed by atoms with van der Waals surface area (Å²) in [6, 6.07) is 3.59. The van der Waals surface area contributed by atoms with Gasteiger partial charge >= 0.3 is 6.09 Å². The molecule has 0 saturated heterocycles. The number of amides is 3. The molecule has 3 amide bonds. The number of hydrogen-bond donors (Lipinski definition) is 3. The largest absolute Gasteiger partial charge is 0.444 e. The van der Waals surface area contributed by atoms with Gasteiger partial charge in [0.2, 0.25) is 11.8 Å². The Balaban J connectivity index is 3.50. The Morgan fingerprint density at radius 2 is 1.62 bits per heavy atom. The Morgan fingerprint density at radius 3 is 2.14 bits per heavy atom. The lowest BCUT2D eigenvalue weighted by Gasteiger charge is -2.36. The lowest BCUT2D eigenvalue weighted by molar-refractivity contribution is -0.143. The molecular weight excluding hydrogens is 470 g/mol. The number of unbranched alkanes of at least 4 members (excludes halogenated alkanes) is 3. The number of nitrogens with one attached hydrogen (secondary N) is 2. The first kappa shape index (κ1) is 32.4. The van der Waals surface area contributed by atoms with Gasteiger partial charge in [-0.15, -0.1) is 0 Å². The highest BCUT2D eigenvalue weighted by Crippen LogP contribution is 2.29. The highest BCUT2D eigenvalue weighted by Gasteiger charge is 2.37. The number of benzene rings is 1. The number of aliphatic hydroxyl groups is 1. The number of hydrogen-bond acceptors (Lipinski definition) is 5. The monoisotopic (exact) mass is 519 g/mol. The molecule has 0 aliphatic carbocycles. The number of alkyl carbamates (subject to hydrolysis) is 1. The van der Waals surface area contributed by atoms with Crippen molar-refractivity contribution < 1.29 is 24.2 Å². The van der Waals surface area contributed by atoms with Gasteiger partial charge in [-0.3, -0.25) is 9.59 Å². The first-order valence-corrected chi connectivity index (χ1v) is 13.6. The van der Waals surface area contributed by atoms with Crippen LogP contribution in [-0.4, -0.2) is 58.8 Å². The normalized spacial score (nSPS) is 13.9. The predicted octanol–water partition coefficient (Wildman–Crippen LogP) is 4.94. The Kier molecular flexibility index (Phi) is 13.7. The second kappa shape index (κ2) is 15.6. The number of carbonyl (C=O) groups excluding carboxylic acids is 3. The van der Waals surface area contributed by atoms with Gasteiger partial charge in [-0.1, -0.05) is 57.7 Å². The molecule has 0 aromatic heterocycles. The van der Waals surface area contributed by atoms with Gasteiger partial charge in [0.25, 0.3) is 0 Å². The maximum atomic E-state index is 13.9. The lowest BCUT2D eigenvalue weighted by Crippen LogP contribution is -2.55. The zero-order valence-electron chi connectivity index (χ0n) is 24.1. The van der Waals surface area contributed by atoms with E-state index in [0.29, 0.717) is 13.0 Å². The molecule has 37 heavy (non-hydrogen) atoms. The summed E-state index contributed by atoms with van der Waals surface area (Å²) in [5.74, 6) is -0.785. The Bertz CT molecular complexity index is 861. The van der Waals surface area contributed by atoms with Crippen molar-refractivity contribution >= 4 is 17.9 Å². The lowest BCUT2D eigenvalue weighted by atomic mass is 9.93. The summed E-state index contributed by atoms with van der Waals surface area (Å²) >= 11 is 0. The van der Waals surface area contributed by atoms with Gasteiger partial charge in [0.05, 0.1) is 6.61 Å². The molecule has 8 nitrogen and oxygen atoms in total. The molecule has 0 fully saturated rings. The molecule has 1 aromatic carbocycles. The number of aryl methyl sites for hydroxylation is 2. The smallest absolute Gasteiger partial charge is 0.408 e. The minimum absolute atomic E-state index is 0.0603. The van der Waals surface area contributed by atoms with E-state index in [1.807, 2.05) is 39.0 Å². The van der Waals surface area contributed by atoms with Gasteiger partial charge in [-0.05, 0) is 71.1 Å². The first-order valence-electron chi connectivity index (χ1n) is 13.6. The number of rotatable bonds is 14. The number of aliphatic hydroxyl groups excluding tert-OH is 1. The van der Waals surface area contributed by atoms with Crippen molar-refractivity contribution in [3.8, 4) is 0 Å². The van der Waals surface area contributed by atoms with Crippen LogP contribution in [0.4, 0.5) is 4.79 Å². The molecule has 0 heterocycles. The Morgan fingerprint density at radius 1 is 1.00 bits per heavy atom. The molecule has 1 rings (SSSR count). The Labute approximate surface area is 223 Å². The second-order valence-corrected chi connectivity index (χ2v) is 10.9. The molecule has 0 aliphatic heterocycles. The molecule has 8 heteroatoms. The van der Waals surface area contributed by atoms with Crippen LogP contribution in [0.25, 0.3) is 0 Å². The molecule has 0 bridgehead atoms. The van der Waals surface area contributed by atoms with Crippen LogP contribution in [0.1, 0.15) is 103 Å². The van der Waals surface area contributed by atoms with Crippen molar-refractivity contribution in [3.63, 3.8) is 0 Å². The average Bonchev–Trinajstić information content (AvgIpc) is 2.79. The fourth-order valence-electron chi connectivity index (χ4n) is 4.43. The van der Waals surface area contributed by atoms with Crippen molar-refractivity contribution in [1.29, 1.82) is 0 Å². The zero-order chi connectivity index (χ0) is 28.2. The maximum absolute atomic E-state index is 13.9. The highest BCUT2D eigenvalue weighted by molar-refractivity contribution is 5.92. The number of ether oxygens (including phenoxy) is 1. The van der Waals surface area contributed by atoms with Crippen LogP contribution in [0.15, 0.2) is 18.2 Å². The highest BCUT2D eigenvalue weighted by atomic mass is 16.6.